The normalized spacial score (nSPS) is 15.2. The Hall–Kier alpha value is -2.77. The summed E-state index contributed by atoms with van der Waals surface area (Å²) in [6.45, 7) is 8.06. The maximum absolute atomic E-state index is 11.8. The van der Waals surface area contributed by atoms with E-state index in [0.29, 0.717) is 24.0 Å². The molecule has 1 aromatic heterocycles. The zero-order valence-corrected chi connectivity index (χ0v) is 18.5. The van der Waals surface area contributed by atoms with Gasteiger partial charge < -0.3 is 24.4 Å². The van der Waals surface area contributed by atoms with Gasteiger partial charge in [0.15, 0.2) is 11.5 Å². The first-order valence-electron chi connectivity index (χ1n) is 10.4. The van der Waals surface area contributed by atoms with Crippen molar-refractivity contribution in [2.24, 2.45) is 5.92 Å². The molecular formula is C22H32N4O4. The van der Waals surface area contributed by atoms with Crippen molar-refractivity contribution in [2.45, 2.75) is 45.6 Å². The van der Waals surface area contributed by atoms with E-state index in [1.54, 1.807) is 20.5 Å². The summed E-state index contributed by atoms with van der Waals surface area (Å²) >= 11 is 0. The van der Waals surface area contributed by atoms with Crippen LogP contribution in [0.2, 0.25) is 0 Å². The molecule has 1 N–H and O–H groups in total. The van der Waals surface area contributed by atoms with Crippen LogP contribution in [0, 0.1) is 5.92 Å². The number of aromatic nitrogens is 2. The van der Waals surface area contributed by atoms with E-state index in [0.717, 1.165) is 49.1 Å². The van der Waals surface area contributed by atoms with Gasteiger partial charge in [-0.3, -0.25) is 0 Å². The summed E-state index contributed by atoms with van der Waals surface area (Å²) in [5.41, 5.74) is 0.365. The highest BCUT2D eigenvalue weighted by atomic mass is 16.6. The van der Waals surface area contributed by atoms with Crippen LogP contribution in [0.3, 0.4) is 0 Å². The molecule has 3 rings (SSSR count). The van der Waals surface area contributed by atoms with Crippen LogP contribution in [0.4, 0.5) is 10.6 Å². The van der Waals surface area contributed by atoms with Gasteiger partial charge in [0.25, 0.3) is 0 Å². The molecule has 0 radical (unpaired) electrons. The number of anilines is 1. The zero-order chi connectivity index (χ0) is 21.7. The molecule has 0 unspecified atom stereocenters. The van der Waals surface area contributed by atoms with Gasteiger partial charge in [0.1, 0.15) is 17.7 Å². The fraction of sp³-hybridized carbons (Fsp3) is 0.591. The fourth-order valence-electron chi connectivity index (χ4n) is 3.75. The lowest BCUT2D eigenvalue weighted by Gasteiger charge is -2.33. The van der Waals surface area contributed by atoms with Crippen LogP contribution in [0.25, 0.3) is 10.9 Å². The van der Waals surface area contributed by atoms with Gasteiger partial charge in [-0.05, 0) is 52.0 Å². The average molecular weight is 417 g/mol. The number of nitrogens with zero attached hydrogens (tertiary/aromatic N) is 3. The van der Waals surface area contributed by atoms with E-state index in [-0.39, 0.29) is 6.09 Å². The summed E-state index contributed by atoms with van der Waals surface area (Å²) in [5.74, 6) is 2.82. The molecule has 2 aromatic rings. The van der Waals surface area contributed by atoms with Crippen LogP contribution < -0.4 is 19.7 Å². The van der Waals surface area contributed by atoms with Gasteiger partial charge in [0.05, 0.1) is 19.7 Å². The number of hydrogen-bond donors (Lipinski definition) is 1. The quantitative estimate of drug-likeness (QED) is 0.767. The zero-order valence-electron chi connectivity index (χ0n) is 18.5. The minimum atomic E-state index is -0.470. The van der Waals surface area contributed by atoms with Crippen molar-refractivity contribution in [1.82, 2.24) is 15.3 Å². The lowest BCUT2D eigenvalue weighted by molar-refractivity contribution is 0.0524. The molecule has 0 atom stereocenters. The third kappa shape index (κ3) is 5.43. The first kappa shape index (κ1) is 21.9. The maximum Gasteiger partial charge on any atom is 0.407 e. The van der Waals surface area contributed by atoms with Crippen molar-refractivity contribution in [1.29, 1.82) is 0 Å². The third-order valence-electron chi connectivity index (χ3n) is 5.25. The summed E-state index contributed by atoms with van der Waals surface area (Å²) in [6.07, 6.45) is 4.30. The molecule has 1 aliphatic heterocycles. The lowest BCUT2D eigenvalue weighted by Crippen LogP contribution is -2.37. The minimum absolute atomic E-state index is 0.350. The SMILES string of the molecule is COc1cc2ncnc(N3CCC(CCNC(=O)OC(C)(C)C)CC3)c2cc1OC. The average Bonchev–Trinajstić information content (AvgIpc) is 2.71. The number of amides is 1. The molecule has 0 aliphatic carbocycles. The first-order chi connectivity index (χ1) is 14.3. The van der Waals surface area contributed by atoms with Crippen molar-refractivity contribution in [3.05, 3.63) is 18.5 Å². The predicted octanol–water partition coefficient (Wildman–Crippen LogP) is 3.78. The summed E-state index contributed by atoms with van der Waals surface area (Å²) in [4.78, 5) is 23.0. The standard InChI is InChI=1S/C22H32N4O4/c1-22(2,3)30-21(27)23-9-6-15-7-10-26(11-8-15)20-16-12-18(28-4)19(29-5)13-17(16)24-14-25-20/h12-15H,6-11H2,1-5H3,(H,23,27). The van der Waals surface area contributed by atoms with Crippen LogP contribution in [-0.2, 0) is 4.74 Å². The third-order valence-corrected chi connectivity index (χ3v) is 5.25. The molecule has 0 saturated carbocycles. The van der Waals surface area contributed by atoms with Gasteiger partial charge in [-0.15, -0.1) is 0 Å². The largest absolute Gasteiger partial charge is 0.493 e. The Morgan fingerprint density at radius 1 is 1.13 bits per heavy atom. The summed E-state index contributed by atoms with van der Waals surface area (Å²) in [7, 11) is 3.25. The van der Waals surface area contributed by atoms with E-state index >= 15 is 0 Å². The molecule has 0 bridgehead atoms. The monoisotopic (exact) mass is 416 g/mol. The number of carbonyl (C=O) groups is 1. The van der Waals surface area contributed by atoms with Crippen LogP contribution >= 0.6 is 0 Å². The maximum atomic E-state index is 11.8. The number of benzene rings is 1. The number of ether oxygens (including phenoxy) is 3. The number of alkyl carbamates (subject to hydrolysis) is 1. The Kier molecular flexibility index (Phi) is 6.84. The second-order valence-corrected chi connectivity index (χ2v) is 8.57. The summed E-state index contributed by atoms with van der Waals surface area (Å²) in [6, 6.07) is 3.83. The molecule has 1 aromatic carbocycles. The van der Waals surface area contributed by atoms with Crippen molar-refractivity contribution < 1.29 is 19.0 Å². The second kappa shape index (κ2) is 9.36. The highest BCUT2D eigenvalue weighted by Gasteiger charge is 2.23. The topological polar surface area (TPSA) is 85.8 Å². The minimum Gasteiger partial charge on any atom is -0.493 e. The Labute approximate surface area is 177 Å². The molecule has 30 heavy (non-hydrogen) atoms. The van der Waals surface area contributed by atoms with Crippen molar-refractivity contribution in [2.75, 3.05) is 38.8 Å². The Balaban J connectivity index is 1.59. The molecule has 8 heteroatoms. The van der Waals surface area contributed by atoms with E-state index in [2.05, 4.69) is 20.2 Å². The molecule has 0 spiro atoms. The number of carbonyl (C=O) groups excluding carboxylic acids is 1. The number of nitrogens with one attached hydrogen (secondary N) is 1. The van der Waals surface area contributed by atoms with E-state index in [1.807, 2.05) is 32.9 Å². The lowest BCUT2D eigenvalue weighted by atomic mass is 9.93. The van der Waals surface area contributed by atoms with Crippen molar-refractivity contribution in [3.63, 3.8) is 0 Å². The van der Waals surface area contributed by atoms with Gasteiger partial charge in [-0.1, -0.05) is 0 Å². The molecule has 1 amide bonds. The Morgan fingerprint density at radius 2 is 1.80 bits per heavy atom. The number of piperidine rings is 1. The van der Waals surface area contributed by atoms with Gasteiger partial charge in [0, 0.05) is 31.1 Å². The smallest absolute Gasteiger partial charge is 0.407 e. The van der Waals surface area contributed by atoms with E-state index in [1.165, 1.54) is 0 Å². The first-order valence-corrected chi connectivity index (χ1v) is 10.4. The Morgan fingerprint density at radius 3 is 2.43 bits per heavy atom. The van der Waals surface area contributed by atoms with Gasteiger partial charge in [-0.2, -0.15) is 0 Å². The second-order valence-electron chi connectivity index (χ2n) is 8.57. The molecule has 8 nitrogen and oxygen atoms in total. The predicted molar refractivity (Wildman–Crippen MR) is 116 cm³/mol. The highest BCUT2D eigenvalue weighted by Crippen LogP contribution is 2.35. The molecule has 2 heterocycles. The summed E-state index contributed by atoms with van der Waals surface area (Å²) < 4.78 is 16.1. The molecule has 1 saturated heterocycles. The molecule has 1 aliphatic rings. The van der Waals surface area contributed by atoms with E-state index < -0.39 is 5.60 Å². The van der Waals surface area contributed by atoms with Gasteiger partial charge in [-0.25, -0.2) is 14.8 Å². The highest BCUT2D eigenvalue weighted by molar-refractivity contribution is 5.92. The molecule has 164 valence electrons. The van der Waals surface area contributed by atoms with Crippen molar-refractivity contribution in [3.8, 4) is 11.5 Å². The van der Waals surface area contributed by atoms with Crippen LogP contribution in [-0.4, -0.2) is 55.5 Å². The molecular weight excluding hydrogens is 384 g/mol. The summed E-state index contributed by atoms with van der Waals surface area (Å²) in [5, 5.41) is 3.81. The number of fused-ring (bicyclic) bond motifs is 1. The number of methoxy groups -OCH3 is 2. The molecule has 1 fully saturated rings. The van der Waals surface area contributed by atoms with Crippen LogP contribution in [0.1, 0.15) is 40.0 Å². The van der Waals surface area contributed by atoms with Gasteiger partial charge in [0.2, 0.25) is 0 Å². The van der Waals surface area contributed by atoms with Gasteiger partial charge >= 0.3 is 6.09 Å². The number of rotatable bonds is 6. The Bertz CT molecular complexity index is 873. The van der Waals surface area contributed by atoms with Crippen LogP contribution in [0.15, 0.2) is 18.5 Å². The van der Waals surface area contributed by atoms with E-state index in [4.69, 9.17) is 14.2 Å². The fourth-order valence-corrected chi connectivity index (χ4v) is 3.75. The number of hydrogen-bond acceptors (Lipinski definition) is 7. The van der Waals surface area contributed by atoms with Crippen molar-refractivity contribution >= 4 is 22.8 Å². The van der Waals surface area contributed by atoms with E-state index in [9.17, 15) is 4.79 Å². The van der Waals surface area contributed by atoms with Crippen LogP contribution in [0.5, 0.6) is 11.5 Å².